The summed E-state index contributed by atoms with van der Waals surface area (Å²) in [5.74, 6) is 0. The second-order valence-corrected chi connectivity index (χ2v) is 5.21. The van der Waals surface area contributed by atoms with Crippen molar-refractivity contribution in [2.24, 2.45) is 0 Å². The van der Waals surface area contributed by atoms with Crippen LogP contribution in [0.4, 0.5) is 0 Å². The Morgan fingerprint density at radius 1 is 1.18 bits per heavy atom. The van der Waals surface area contributed by atoms with Gasteiger partial charge in [-0.2, -0.15) is 0 Å². The van der Waals surface area contributed by atoms with Crippen molar-refractivity contribution in [1.29, 1.82) is 0 Å². The van der Waals surface area contributed by atoms with E-state index in [1.807, 2.05) is 0 Å². The third kappa shape index (κ3) is 6.44. The van der Waals surface area contributed by atoms with Crippen LogP contribution in [-0.4, -0.2) is 38.1 Å². The third-order valence-electron chi connectivity index (χ3n) is 2.89. The Balaban J connectivity index is 2.13. The van der Waals surface area contributed by atoms with Gasteiger partial charge in [0.15, 0.2) is 0 Å². The molecule has 1 rings (SSSR count). The van der Waals surface area contributed by atoms with Gasteiger partial charge in [-0.1, -0.05) is 29.8 Å². The summed E-state index contributed by atoms with van der Waals surface area (Å²) >= 11 is 0. The summed E-state index contributed by atoms with van der Waals surface area (Å²) in [5, 5.41) is 3.55. The first-order valence-electron chi connectivity index (χ1n) is 6.51. The van der Waals surface area contributed by atoms with E-state index >= 15 is 0 Å². The van der Waals surface area contributed by atoms with Gasteiger partial charge in [0.25, 0.3) is 0 Å². The minimum Gasteiger partial charge on any atom is -0.313 e. The largest absolute Gasteiger partial charge is 0.313 e. The van der Waals surface area contributed by atoms with E-state index < -0.39 is 0 Å². The third-order valence-corrected chi connectivity index (χ3v) is 2.89. The Labute approximate surface area is 106 Å². The van der Waals surface area contributed by atoms with Crippen molar-refractivity contribution in [3.8, 4) is 0 Å². The lowest BCUT2D eigenvalue weighted by atomic mass is 10.1. The van der Waals surface area contributed by atoms with Crippen LogP contribution in [0.25, 0.3) is 0 Å². The highest BCUT2D eigenvalue weighted by Gasteiger charge is 2.01. The molecule has 0 aliphatic carbocycles. The minimum atomic E-state index is 0.572. The van der Waals surface area contributed by atoms with Gasteiger partial charge in [0.2, 0.25) is 0 Å². The number of hydrogen-bond acceptors (Lipinski definition) is 2. The lowest BCUT2D eigenvalue weighted by Crippen LogP contribution is -2.36. The Bertz CT molecular complexity index is 303. The first kappa shape index (κ1) is 14.2. The fourth-order valence-electron chi connectivity index (χ4n) is 2.01. The van der Waals surface area contributed by atoms with E-state index in [9.17, 15) is 0 Å². The van der Waals surface area contributed by atoms with E-state index in [1.165, 1.54) is 24.0 Å². The number of rotatable bonds is 7. The lowest BCUT2D eigenvalue weighted by Gasteiger charge is -2.18. The summed E-state index contributed by atoms with van der Waals surface area (Å²) in [6, 6.07) is 9.43. The second kappa shape index (κ2) is 7.46. The molecule has 0 aliphatic rings. The number of hydrogen-bond donors (Lipinski definition) is 1. The molecule has 0 aromatic heterocycles. The number of likely N-dealkylation sites (N-methyl/N-ethyl adjacent to an activating group) is 1. The molecule has 1 unspecified atom stereocenters. The molecule has 17 heavy (non-hydrogen) atoms. The van der Waals surface area contributed by atoms with Crippen LogP contribution in [0.3, 0.4) is 0 Å². The van der Waals surface area contributed by atoms with Crippen LogP contribution in [0.2, 0.25) is 0 Å². The van der Waals surface area contributed by atoms with Crippen LogP contribution in [0.1, 0.15) is 24.5 Å². The maximum atomic E-state index is 3.55. The molecule has 1 aromatic rings. The Kier molecular flexibility index (Phi) is 6.23. The summed E-state index contributed by atoms with van der Waals surface area (Å²) in [6.45, 7) is 6.58. The highest BCUT2D eigenvalue weighted by Crippen LogP contribution is 2.05. The van der Waals surface area contributed by atoms with E-state index in [4.69, 9.17) is 0 Å². The van der Waals surface area contributed by atoms with Crippen LogP contribution in [-0.2, 0) is 6.42 Å². The van der Waals surface area contributed by atoms with Gasteiger partial charge in [0.05, 0.1) is 0 Å². The number of aryl methyl sites for hydroxylation is 2. The van der Waals surface area contributed by atoms with Crippen LogP contribution in [0.5, 0.6) is 0 Å². The fourth-order valence-corrected chi connectivity index (χ4v) is 2.01. The van der Waals surface area contributed by atoms with E-state index in [-0.39, 0.29) is 0 Å². The van der Waals surface area contributed by atoms with Crippen molar-refractivity contribution in [3.05, 3.63) is 35.4 Å². The van der Waals surface area contributed by atoms with Crippen LogP contribution < -0.4 is 5.32 Å². The predicted octanol–water partition coefficient (Wildman–Crippen LogP) is 2.47. The maximum Gasteiger partial charge on any atom is 0.0166 e. The summed E-state index contributed by atoms with van der Waals surface area (Å²) in [6.07, 6.45) is 2.38. The molecule has 96 valence electrons. The smallest absolute Gasteiger partial charge is 0.0166 e. The number of nitrogens with one attached hydrogen (secondary N) is 1. The summed E-state index contributed by atoms with van der Waals surface area (Å²) < 4.78 is 0. The van der Waals surface area contributed by atoms with Crippen molar-refractivity contribution in [1.82, 2.24) is 10.2 Å². The molecular formula is C15H26N2. The molecule has 2 nitrogen and oxygen atoms in total. The van der Waals surface area contributed by atoms with E-state index in [0.29, 0.717) is 6.04 Å². The zero-order valence-corrected chi connectivity index (χ0v) is 11.7. The van der Waals surface area contributed by atoms with Crippen molar-refractivity contribution < 1.29 is 0 Å². The molecule has 1 aromatic carbocycles. The van der Waals surface area contributed by atoms with Gasteiger partial charge in [-0.05, 0) is 52.9 Å². The van der Waals surface area contributed by atoms with Gasteiger partial charge in [-0.15, -0.1) is 0 Å². The average Bonchev–Trinajstić information content (AvgIpc) is 2.26. The first-order valence-corrected chi connectivity index (χ1v) is 6.51. The summed E-state index contributed by atoms with van der Waals surface area (Å²) in [7, 11) is 4.23. The van der Waals surface area contributed by atoms with Gasteiger partial charge in [0.1, 0.15) is 0 Å². The zero-order chi connectivity index (χ0) is 12.7. The summed E-state index contributed by atoms with van der Waals surface area (Å²) in [4.78, 5) is 2.22. The van der Waals surface area contributed by atoms with Crippen LogP contribution in [0, 0.1) is 6.92 Å². The molecule has 0 heterocycles. The van der Waals surface area contributed by atoms with Crippen molar-refractivity contribution in [2.75, 3.05) is 27.2 Å². The quantitative estimate of drug-likeness (QED) is 0.729. The van der Waals surface area contributed by atoms with Crippen molar-refractivity contribution in [2.45, 2.75) is 32.7 Å². The van der Waals surface area contributed by atoms with Gasteiger partial charge in [0, 0.05) is 12.6 Å². The molecule has 1 atom stereocenters. The van der Waals surface area contributed by atoms with E-state index in [0.717, 1.165) is 13.1 Å². The molecule has 0 saturated carbocycles. The number of nitrogens with zero attached hydrogens (tertiary/aromatic N) is 1. The molecule has 1 N–H and O–H groups in total. The van der Waals surface area contributed by atoms with E-state index in [1.54, 1.807) is 0 Å². The molecule has 0 bridgehead atoms. The molecule has 0 radical (unpaired) electrons. The topological polar surface area (TPSA) is 15.3 Å². The van der Waals surface area contributed by atoms with Gasteiger partial charge in [-0.25, -0.2) is 0 Å². The molecular weight excluding hydrogens is 208 g/mol. The Hall–Kier alpha value is -0.860. The standard InChI is InChI=1S/C15H26N2/c1-13-7-9-15(10-8-13)6-5-11-16-14(2)12-17(3)4/h7-10,14,16H,5-6,11-12H2,1-4H3. The SMILES string of the molecule is Cc1ccc(CCCNC(C)CN(C)C)cc1. The highest BCUT2D eigenvalue weighted by atomic mass is 15.1. The molecule has 0 saturated heterocycles. The monoisotopic (exact) mass is 234 g/mol. The molecule has 0 aliphatic heterocycles. The normalized spacial score (nSPS) is 13.0. The zero-order valence-electron chi connectivity index (χ0n) is 11.7. The molecule has 0 spiro atoms. The molecule has 2 heteroatoms. The minimum absolute atomic E-state index is 0.572. The van der Waals surface area contributed by atoms with Crippen molar-refractivity contribution >= 4 is 0 Å². The summed E-state index contributed by atoms with van der Waals surface area (Å²) in [5.41, 5.74) is 2.78. The highest BCUT2D eigenvalue weighted by molar-refractivity contribution is 5.21. The van der Waals surface area contributed by atoms with Crippen molar-refractivity contribution in [3.63, 3.8) is 0 Å². The number of benzene rings is 1. The van der Waals surface area contributed by atoms with Crippen LogP contribution >= 0.6 is 0 Å². The van der Waals surface area contributed by atoms with Gasteiger partial charge < -0.3 is 10.2 Å². The first-order chi connectivity index (χ1) is 8.08. The molecule has 0 fully saturated rings. The van der Waals surface area contributed by atoms with Crippen LogP contribution in [0.15, 0.2) is 24.3 Å². The van der Waals surface area contributed by atoms with Gasteiger partial charge >= 0.3 is 0 Å². The Morgan fingerprint density at radius 3 is 2.41 bits per heavy atom. The Morgan fingerprint density at radius 2 is 1.82 bits per heavy atom. The molecule has 0 amide bonds. The fraction of sp³-hybridized carbons (Fsp3) is 0.600. The predicted molar refractivity (Wildman–Crippen MR) is 75.5 cm³/mol. The second-order valence-electron chi connectivity index (χ2n) is 5.21. The van der Waals surface area contributed by atoms with Gasteiger partial charge in [-0.3, -0.25) is 0 Å². The maximum absolute atomic E-state index is 3.55. The lowest BCUT2D eigenvalue weighted by molar-refractivity contribution is 0.349. The van der Waals surface area contributed by atoms with E-state index in [2.05, 4.69) is 62.4 Å². The average molecular weight is 234 g/mol.